The minimum atomic E-state index is -8.75. The summed E-state index contributed by atoms with van der Waals surface area (Å²) in [6.07, 6.45) is -7.83. The second-order valence-electron chi connectivity index (χ2n) is 6.27. The second kappa shape index (κ2) is 7.97. The first-order valence-electron chi connectivity index (χ1n) is 7.59. The standard InChI is InChI=1S/C13H5F17N2OS/c1-3-2-34-5(31-3)32-4(33)6(14,15)7(16,17)8(18,19)9(20,21)10(22,23)11(24,25)12(26,27)13(28,29)30/h2H,1H3,(H,31,32,33). The van der Waals surface area contributed by atoms with Gasteiger partial charge in [0.15, 0.2) is 5.13 Å². The molecule has 0 saturated carbocycles. The fourth-order valence-electron chi connectivity index (χ4n) is 1.89. The molecular formula is C13H5F17N2OS. The monoisotopic (exact) mass is 560 g/mol. The summed E-state index contributed by atoms with van der Waals surface area (Å²) in [6, 6.07) is 0. The number of anilines is 1. The Kier molecular flexibility index (Phi) is 7.02. The Labute approximate surface area is 178 Å². The maximum atomic E-state index is 13.7. The molecule has 0 aliphatic heterocycles. The van der Waals surface area contributed by atoms with Gasteiger partial charge in [-0.25, -0.2) is 4.98 Å². The number of carbonyl (C=O) groups excluding carboxylic acids is 1. The average Bonchev–Trinajstić information content (AvgIpc) is 3.04. The summed E-state index contributed by atoms with van der Waals surface area (Å²) in [5, 5.41) is 0.570. The van der Waals surface area contributed by atoms with Crippen LogP contribution in [0.5, 0.6) is 0 Å². The lowest BCUT2D eigenvalue weighted by Crippen LogP contribution is -2.75. The largest absolute Gasteiger partial charge is 0.460 e. The van der Waals surface area contributed by atoms with Crippen LogP contribution < -0.4 is 5.32 Å². The van der Waals surface area contributed by atoms with Crippen molar-refractivity contribution in [3.63, 3.8) is 0 Å². The molecule has 0 aromatic carbocycles. The zero-order chi connectivity index (χ0) is 27.6. The molecule has 1 aromatic heterocycles. The molecule has 0 aliphatic carbocycles. The van der Waals surface area contributed by atoms with E-state index in [0.717, 1.165) is 12.3 Å². The molecule has 0 atom stereocenters. The first kappa shape index (κ1) is 29.9. The third-order valence-corrected chi connectivity index (χ3v) is 4.72. The Bertz CT molecular complexity index is 919. The van der Waals surface area contributed by atoms with Crippen LogP contribution in [0.1, 0.15) is 5.69 Å². The number of nitrogens with zero attached hydrogens (tertiary/aromatic N) is 1. The highest BCUT2D eigenvalue weighted by Gasteiger charge is 2.95. The van der Waals surface area contributed by atoms with E-state index in [9.17, 15) is 79.4 Å². The summed E-state index contributed by atoms with van der Waals surface area (Å²) in [4.78, 5) is 14.4. The lowest BCUT2D eigenvalue weighted by Gasteiger charge is -2.42. The summed E-state index contributed by atoms with van der Waals surface area (Å²) in [5.74, 6) is -61.7. The van der Waals surface area contributed by atoms with Crippen LogP contribution in [0.25, 0.3) is 0 Å². The Morgan fingerprint density at radius 2 is 1.03 bits per heavy atom. The molecule has 1 aromatic rings. The molecule has 198 valence electrons. The fraction of sp³-hybridized carbons (Fsp3) is 0.692. The lowest BCUT2D eigenvalue weighted by molar-refractivity contribution is -0.459. The van der Waals surface area contributed by atoms with Gasteiger partial charge in [0.2, 0.25) is 0 Å². The number of hydrogen-bond acceptors (Lipinski definition) is 3. The first-order chi connectivity index (χ1) is 14.6. The SMILES string of the molecule is Cc1csc(NC(=O)C(F)(F)C(F)(F)C(F)(F)C(F)(F)C(F)(F)C(F)(F)C(F)(F)C(F)(F)F)n1. The van der Waals surface area contributed by atoms with E-state index >= 15 is 0 Å². The van der Waals surface area contributed by atoms with E-state index in [2.05, 4.69) is 4.98 Å². The predicted molar refractivity (Wildman–Crippen MR) is 76.2 cm³/mol. The van der Waals surface area contributed by atoms with Crippen LogP contribution in [-0.4, -0.2) is 58.5 Å². The molecule has 0 saturated heterocycles. The van der Waals surface area contributed by atoms with Crippen LogP contribution in [0.3, 0.4) is 0 Å². The minimum absolute atomic E-state index is 0.111. The molecular weight excluding hydrogens is 555 g/mol. The Balaban J connectivity index is 3.57. The third-order valence-electron chi connectivity index (χ3n) is 3.85. The average molecular weight is 560 g/mol. The number of aromatic nitrogens is 1. The summed E-state index contributed by atoms with van der Waals surface area (Å²) < 4.78 is 223. The molecule has 1 amide bonds. The molecule has 0 fully saturated rings. The zero-order valence-corrected chi connectivity index (χ0v) is 16.1. The van der Waals surface area contributed by atoms with Gasteiger partial charge in [0, 0.05) is 5.38 Å². The van der Waals surface area contributed by atoms with Gasteiger partial charge in [-0.3, -0.25) is 10.1 Å². The second-order valence-corrected chi connectivity index (χ2v) is 7.12. The van der Waals surface area contributed by atoms with Crippen molar-refractivity contribution in [3.05, 3.63) is 11.1 Å². The zero-order valence-electron chi connectivity index (χ0n) is 15.3. The lowest BCUT2D eigenvalue weighted by atomic mass is 9.89. The topological polar surface area (TPSA) is 42.0 Å². The maximum Gasteiger partial charge on any atom is 0.460 e. The van der Waals surface area contributed by atoms with Crippen molar-refractivity contribution in [3.8, 4) is 0 Å². The van der Waals surface area contributed by atoms with Gasteiger partial charge in [0.1, 0.15) is 0 Å². The molecule has 1 rings (SSSR count). The maximum absolute atomic E-state index is 13.7. The van der Waals surface area contributed by atoms with Crippen LogP contribution in [0.2, 0.25) is 0 Å². The molecule has 0 aliphatic rings. The number of rotatable bonds is 8. The summed E-state index contributed by atoms with van der Waals surface area (Å²) in [7, 11) is 0. The summed E-state index contributed by atoms with van der Waals surface area (Å²) in [6.45, 7) is 1.10. The van der Waals surface area contributed by atoms with Gasteiger partial charge in [-0.1, -0.05) is 0 Å². The highest BCUT2D eigenvalue weighted by Crippen LogP contribution is 2.63. The van der Waals surface area contributed by atoms with Crippen LogP contribution in [0.4, 0.5) is 79.8 Å². The molecule has 1 N–H and O–H groups in total. The molecule has 34 heavy (non-hydrogen) atoms. The quantitative estimate of drug-likeness (QED) is 0.374. The van der Waals surface area contributed by atoms with Gasteiger partial charge in [-0.05, 0) is 6.92 Å². The Morgan fingerprint density at radius 3 is 1.35 bits per heavy atom. The van der Waals surface area contributed by atoms with Crippen LogP contribution in [0, 0.1) is 6.92 Å². The molecule has 0 unspecified atom stereocenters. The van der Waals surface area contributed by atoms with Crippen molar-refractivity contribution < 1.29 is 79.4 Å². The molecule has 0 spiro atoms. The third kappa shape index (κ3) is 3.91. The van der Waals surface area contributed by atoms with E-state index in [1.807, 2.05) is 0 Å². The molecule has 21 heteroatoms. The van der Waals surface area contributed by atoms with Gasteiger partial charge in [-0.15, -0.1) is 11.3 Å². The number of thiazole rings is 1. The number of alkyl halides is 17. The first-order valence-corrected chi connectivity index (χ1v) is 8.47. The van der Waals surface area contributed by atoms with Crippen LogP contribution in [0.15, 0.2) is 5.38 Å². The molecule has 3 nitrogen and oxygen atoms in total. The van der Waals surface area contributed by atoms with Crippen molar-refractivity contribution >= 4 is 22.4 Å². The van der Waals surface area contributed by atoms with Gasteiger partial charge in [0.25, 0.3) is 0 Å². The van der Waals surface area contributed by atoms with Crippen LogP contribution >= 0.6 is 11.3 Å². The summed E-state index contributed by atoms with van der Waals surface area (Å²) >= 11 is 0.164. The molecule has 0 radical (unpaired) electrons. The van der Waals surface area contributed by atoms with Crippen molar-refractivity contribution in [2.24, 2.45) is 0 Å². The van der Waals surface area contributed by atoms with Crippen LogP contribution in [-0.2, 0) is 4.79 Å². The van der Waals surface area contributed by atoms with Crippen molar-refractivity contribution in [2.75, 3.05) is 5.32 Å². The fourth-order valence-corrected chi connectivity index (χ4v) is 2.58. The van der Waals surface area contributed by atoms with Gasteiger partial charge >= 0.3 is 53.5 Å². The van der Waals surface area contributed by atoms with E-state index in [0.29, 0.717) is 5.32 Å². The number of hydrogen-bond donors (Lipinski definition) is 1. The smallest absolute Gasteiger partial charge is 0.296 e. The van der Waals surface area contributed by atoms with E-state index < -0.39 is 58.7 Å². The molecule has 1 heterocycles. The highest BCUT2D eigenvalue weighted by atomic mass is 32.1. The number of aryl methyl sites for hydroxylation is 1. The van der Waals surface area contributed by atoms with Crippen molar-refractivity contribution in [1.29, 1.82) is 0 Å². The Morgan fingerprint density at radius 1 is 0.676 bits per heavy atom. The van der Waals surface area contributed by atoms with E-state index in [1.165, 1.54) is 0 Å². The number of amides is 1. The Hall–Kier alpha value is -2.09. The van der Waals surface area contributed by atoms with E-state index in [-0.39, 0.29) is 17.0 Å². The van der Waals surface area contributed by atoms with E-state index in [1.54, 1.807) is 0 Å². The van der Waals surface area contributed by atoms with Crippen molar-refractivity contribution in [1.82, 2.24) is 4.98 Å². The van der Waals surface area contributed by atoms with Gasteiger partial charge < -0.3 is 0 Å². The molecule has 0 bridgehead atoms. The number of halogens is 17. The number of nitrogens with one attached hydrogen (secondary N) is 1. The van der Waals surface area contributed by atoms with Crippen molar-refractivity contribution in [2.45, 2.75) is 54.6 Å². The van der Waals surface area contributed by atoms with Gasteiger partial charge in [0.05, 0.1) is 5.69 Å². The van der Waals surface area contributed by atoms with Gasteiger partial charge in [-0.2, -0.15) is 74.6 Å². The summed E-state index contributed by atoms with van der Waals surface area (Å²) in [5.41, 5.74) is -0.111. The number of carbonyl (C=O) groups is 1. The highest BCUT2D eigenvalue weighted by molar-refractivity contribution is 7.13. The minimum Gasteiger partial charge on any atom is -0.296 e. The normalized spacial score (nSPS) is 15.5. The predicted octanol–water partition coefficient (Wildman–Crippen LogP) is 6.40. The van der Waals surface area contributed by atoms with E-state index in [4.69, 9.17) is 0 Å².